The Morgan fingerprint density at radius 1 is 0.968 bits per heavy atom. The Morgan fingerprint density at radius 2 is 1.65 bits per heavy atom. The molecule has 0 saturated carbocycles. The summed E-state index contributed by atoms with van der Waals surface area (Å²) >= 11 is 0. The topological polar surface area (TPSA) is 76.2 Å². The Kier molecular flexibility index (Phi) is 5.46. The molecule has 162 valence electrons. The van der Waals surface area contributed by atoms with E-state index in [4.69, 9.17) is 9.47 Å². The molecule has 2 fully saturated rings. The van der Waals surface area contributed by atoms with Crippen LogP contribution in [0.15, 0.2) is 36.4 Å². The van der Waals surface area contributed by atoms with E-state index < -0.39 is 0 Å². The minimum atomic E-state index is -0.341. The van der Waals surface area contributed by atoms with Gasteiger partial charge in [0.05, 0.1) is 19.3 Å². The van der Waals surface area contributed by atoms with Gasteiger partial charge in [-0.2, -0.15) is 0 Å². The highest BCUT2D eigenvalue weighted by Gasteiger charge is 2.36. The third-order valence-corrected chi connectivity index (χ3v) is 6.46. The molecule has 0 bridgehead atoms. The van der Waals surface area contributed by atoms with E-state index in [1.165, 1.54) is 4.90 Å². The lowest BCUT2D eigenvalue weighted by Gasteiger charge is -2.38. The molecule has 2 aromatic carbocycles. The molecule has 0 N–H and O–H groups in total. The summed E-state index contributed by atoms with van der Waals surface area (Å²) in [6.07, 6.45) is 3.28. The minimum Gasteiger partial charge on any atom is -0.348 e. The Morgan fingerprint density at radius 3 is 2.32 bits per heavy atom. The first-order valence-corrected chi connectivity index (χ1v) is 11.1. The summed E-state index contributed by atoms with van der Waals surface area (Å²) in [7, 11) is 0. The third-order valence-electron chi connectivity index (χ3n) is 6.46. The van der Waals surface area contributed by atoms with Gasteiger partial charge in [0.1, 0.15) is 0 Å². The lowest BCUT2D eigenvalue weighted by molar-refractivity contribution is -0.150. The van der Waals surface area contributed by atoms with Crippen molar-refractivity contribution in [2.75, 3.05) is 26.3 Å². The second-order valence-electron chi connectivity index (χ2n) is 8.33. The van der Waals surface area contributed by atoms with E-state index in [0.717, 1.165) is 30.0 Å². The Hall–Kier alpha value is -2.77. The van der Waals surface area contributed by atoms with Crippen LogP contribution in [0.3, 0.4) is 0 Å². The molecule has 3 aliphatic rings. The van der Waals surface area contributed by atoms with Crippen LogP contribution in [0.2, 0.25) is 0 Å². The van der Waals surface area contributed by atoms with Crippen molar-refractivity contribution in [1.82, 2.24) is 9.80 Å². The normalized spacial score (nSPS) is 21.9. The number of carbonyl (C=O) groups excluding carboxylic acids is 3. The molecule has 31 heavy (non-hydrogen) atoms. The zero-order valence-corrected chi connectivity index (χ0v) is 17.4. The molecule has 0 spiro atoms. The molecule has 7 nitrogen and oxygen atoms in total. The van der Waals surface area contributed by atoms with Gasteiger partial charge in [-0.25, -0.2) is 0 Å². The number of carbonyl (C=O) groups is 3. The first kappa shape index (κ1) is 20.2. The highest BCUT2D eigenvalue weighted by atomic mass is 16.7. The van der Waals surface area contributed by atoms with Gasteiger partial charge in [-0.3, -0.25) is 19.3 Å². The zero-order chi connectivity index (χ0) is 21.4. The highest BCUT2D eigenvalue weighted by Crippen LogP contribution is 2.30. The van der Waals surface area contributed by atoms with Crippen LogP contribution in [-0.4, -0.2) is 66.2 Å². The number of rotatable bonds is 5. The number of ether oxygens (including phenoxy) is 2. The van der Waals surface area contributed by atoms with Crippen molar-refractivity contribution in [1.29, 1.82) is 0 Å². The summed E-state index contributed by atoms with van der Waals surface area (Å²) in [6.45, 7) is 2.06. The van der Waals surface area contributed by atoms with E-state index in [-0.39, 0.29) is 43.0 Å². The van der Waals surface area contributed by atoms with Crippen molar-refractivity contribution in [3.63, 3.8) is 0 Å². The van der Waals surface area contributed by atoms with Crippen LogP contribution in [0.1, 0.15) is 52.8 Å². The van der Waals surface area contributed by atoms with Crippen LogP contribution < -0.4 is 0 Å². The molecule has 2 aromatic rings. The van der Waals surface area contributed by atoms with Gasteiger partial charge in [-0.05, 0) is 43.2 Å². The summed E-state index contributed by atoms with van der Waals surface area (Å²) in [5.41, 5.74) is 1.09. The lowest BCUT2D eigenvalue weighted by atomic mass is 9.94. The van der Waals surface area contributed by atoms with Crippen molar-refractivity contribution in [2.24, 2.45) is 0 Å². The predicted octanol–water partition coefficient (Wildman–Crippen LogP) is 2.97. The fourth-order valence-electron chi connectivity index (χ4n) is 4.96. The maximum atomic E-state index is 13.0. The highest BCUT2D eigenvalue weighted by molar-refractivity contribution is 6.25. The van der Waals surface area contributed by atoms with Crippen LogP contribution in [0.4, 0.5) is 0 Å². The van der Waals surface area contributed by atoms with Gasteiger partial charge >= 0.3 is 0 Å². The van der Waals surface area contributed by atoms with Crippen LogP contribution >= 0.6 is 0 Å². The monoisotopic (exact) mass is 422 g/mol. The Balaban J connectivity index is 1.25. The summed E-state index contributed by atoms with van der Waals surface area (Å²) in [6, 6.07) is 11.0. The van der Waals surface area contributed by atoms with E-state index in [9.17, 15) is 14.4 Å². The summed E-state index contributed by atoms with van der Waals surface area (Å²) in [5, 5.41) is 1.61. The first-order valence-electron chi connectivity index (χ1n) is 11.1. The molecule has 0 radical (unpaired) electrons. The van der Waals surface area contributed by atoms with Gasteiger partial charge in [-0.15, -0.1) is 0 Å². The fourth-order valence-corrected chi connectivity index (χ4v) is 4.96. The molecule has 7 heteroatoms. The number of benzene rings is 2. The molecule has 3 aliphatic heterocycles. The summed E-state index contributed by atoms with van der Waals surface area (Å²) < 4.78 is 11.3. The van der Waals surface area contributed by atoms with Gasteiger partial charge in [0, 0.05) is 36.0 Å². The maximum Gasteiger partial charge on any atom is 0.261 e. The third kappa shape index (κ3) is 3.62. The van der Waals surface area contributed by atoms with Crippen molar-refractivity contribution >= 4 is 28.5 Å². The van der Waals surface area contributed by atoms with Crippen LogP contribution in [0.5, 0.6) is 0 Å². The lowest BCUT2D eigenvalue weighted by Crippen LogP contribution is -2.50. The van der Waals surface area contributed by atoms with Crippen molar-refractivity contribution < 1.29 is 23.9 Å². The summed E-state index contributed by atoms with van der Waals surface area (Å²) in [5.74, 6) is -0.543. The van der Waals surface area contributed by atoms with Gasteiger partial charge < -0.3 is 14.4 Å². The van der Waals surface area contributed by atoms with Gasteiger partial charge in [0.2, 0.25) is 5.91 Å². The van der Waals surface area contributed by atoms with Gasteiger partial charge in [-0.1, -0.05) is 24.3 Å². The average molecular weight is 422 g/mol. The van der Waals surface area contributed by atoms with Crippen molar-refractivity contribution in [3.8, 4) is 0 Å². The maximum absolute atomic E-state index is 13.0. The molecule has 0 aliphatic carbocycles. The van der Waals surface area contributed by atoms with Crippen LogP contribution in [-0.2, 0) is 14.3 Å². The van der Waals surface area contributed by atoms with E-state index >= 15 is 0 Å². The first-order chi connectivity index (χ1) is 15.1. The number of hydrogen-bond acceptors (Lipinski definition) is 5. The average Bonchev–Trinajstić information content (AvgIpc) is 3.34. The number of amides is 3. The van der Waals surface area contributed by atoms with E-state index in [1.807, 2.05) is 29.2 Å². The molecule has 5 rings (SSSR count). The van der Waals surface area contributed by atoms with Crippen molar-refractivity contribution in [3.05, 3.63) is 47.5 Å². The predicted molar refractivity (Wildman–Crippen MR) is 114 cm³/mol. The smallest absolute Gasteiger partial charge is 0.261 e. The van der Waals surface area contributed by atoms with Gasteiger partial charge in [0.15, 0.2) is 6.29 Å². The fraction of sp³-hybridized carbons (Fsp3) is 0.458. The molecule has 0 aromatic heterocycles. The van der Waals surface area contributed by atoms with E-state index in [1.54, 1.807) is 12.1 Å². The van der Waals surface area contributed by atoms with E-state index in [2.05, 4.69) is 0 Å². The SMILES string of the molecule is O=C1c2cccc3cccc(c23)C(=O)N1CCCC(=O)N1CCCCC1C1OCCO1. The largest absolute Gasteiger partial charge is 0.348 e. The Bertz CT molecular complexity index is 979. The molecule has 1 unspecified atom stereocenters. The number of nitrogens with zero attached hydrogens (tertiary/aromatic N) is 2. The Labute approximate surface area is 180 Å². The van der Waals surface area contributed by atoms with Crippen molar-refractivity contribution in [2.45, 2.75) is 44.4 Å². The number of hydrogen-bond donors (Lipinski definition) is 0. The van der Waals surface area contributed by atoms with Crippen LogP contribution in [0.25, 0.3) is 10.8 Å². The quantitative estimate of drug-likeness (QED) is 0.693. The van der Waals surface area contributed by atoms with E-state index in [0.29, 0.717) is 37.3 Å². The van der Waals surface area contributed by atoms with Crippen LogP contribution in [0, 0.1) is 0 Å². The molecule has 1 atom stereocenters. The zero-order valence-electron chi connectivity index (χ0n) is 17.4. The molecular formula is C24H26N2O5. The minimum absolute atomic E-state index is 0.0307. The molecule has 3 amide bonds. The second kappa shape index (κ2) is 8.40. The van der Waals surface area contributed by atoms with Gasteiger partial charge in [0.25, 0.3) is 11.8 Å². The summed E-state index contributed by atoms with van der Waals surface area (Å²) in [4.78, 5) is 42.1. The number of likely N-dealkylation sites (tertiary alicyclic amines) is 1. The second-order valence-corrected chi connectivity index (χ2v) is 8.33. The molecular weight excluding hydrogens is 396 g/mol. The molecule has 2 saturated heterocycles. The number of piperidine rings is 1. The molecule has 3 heterocycles. The standard InChI is InChI=1S/C24H26N2O5/c27-20(25-12-2-1-10-19(25)24-30-14-15-31-24)11-5-13-26-22(28)17-8-3-6-16-7-4-9-18(21(16)17)23(26)29/h3-4,6-9,19,24H,1-2,5,10-15H2. The number of imide groups is 1.